The van der Waals surface area contributed by atoms with Crippen molar-refractivity contribution in [2.75, 3.05) is 0 Å². The monoisotopic (exact) mass is 241 g/mol. The van der Waals surface area contributed by atoms with Gasteiger partial charge in [-0.25, -0.2) is 4.68 Å². The zero-order valence-corrected chi connectivity index (χ0v) is 10.4. The van der Waals surface area contributed by atoms with Crippen LogP contribution in [0.4, 0.5) is 0 Å². The highest BCUT2D eigenvalue weighted by Crippen LogP contribution is 2.14. The Kier molecular flexibility index (Phi) is 3.28. The lowest BCUT2D eigenvalue weighted by Gasteiger charge is -2.05. The normalized spacial score (nSPS) is 11.0. The molecule has 0 aliphatic rings. The molecule has 0 radical (unpaired) electrons. The predicted octanol–water partition coefficient (Wildman–Crippen LogP) is 1.99. The Morgan fingerprint density at radius 2 is 2.11 bits per heavy atom. The van der Waals surface area contributed by atoms with E-state index >= 15 is 0 Å². The van der Waals surface area contributed by atoms with Crippen molar-refractivity contribution in [1.29, 1.82) is 0 Å². The number of hydrogen-bond acceptors (Lipinski definition) is 2. The number of hydrogen-bond donors (Lipinski definition) is 1. The zero-order chi connectivity index (χ0) is 13.1. The van der Waals surface area contributed by atoms with Crippen LogP contribution < -0.4 is 5.73 Å². The first-order valence-corrected chi connectivity index (χ1v) is 5.67. The maximum atomic E-state index is 10.7. The van der Waals surface area contributed by atoms with Gasteiger partial charge in [-0.3, -0.25) is 4.79 Å². The van der Waals surface area contributed by atoms with E-state index in [0.717, 1.165) is 22.6 Å². The van der Waals surface area contributed by atoms with E-state index in [1.54, 1.807) is 6.08 Å². The van der Waals surface area contributed by atoms with Crippen LogP contribution in [0, 0.1) is 13.8 Å². The number of primary amides is 1. The summed E-state index contributed by atoms with van der Waals surface area (Å²) in [6.45, 7) is 3.96. The number of rotatable bonds is 3. The molecule has 0 spiro atoms. The summed E-state index contributed by atoms with van der Waals surface area (Å²) in [5, 5.41) is 4.42. The second kappa shape index (κ2) is 4.87. The molecule has 2 N–H and O–H groups in total. The first-order valence-electron chi connectivity index (χ1n) is 5.67. The van der Waals surface area contributed by atoms with E-state index < -0.39 is 5.91 Å². The molecule has 0 bridgehead atoms. The molecule has 1 heterocycles. The summed E-state index contributed by atoms with van der Waals surface area (Å²) in [4.78, 5) is 10.7. The standard InChI is InChI=1S/C14H15N3O/c1-10-8-11(2)17(16-10)13-5-3-4-12(9-13)6-7-14(15)18/h3-9H,1-2H3,(H2,15,18)/b7-6-. The van der Waals surface area contributed by atoms with Gasteiger partial charge in [0, 0.05) is 11.8 Å². The molecule has 92 valence electrons. The van der Waals surface area contributed by atoms with Crippen molar-refractivity contribution in [3.05, 3.63) is 53.4 Å². The second-order valence-electron chi connectivity index (χ2n) is 4.17. The average molecular weight is 241 g/mol. The number of carbonyl (C=O) groups excluding carboxylic acids is 1. The Balaban J connectivity index is 2.38. The van der Waals surface area contributed by atoms with Crippen molar-refractivity contribution < 1.29 is 4.79 Å². The average Bonchev–Trinajstić information content (AvgIpc) is 2.66. The maximum Gasteiger partial charge on any atom is 0.241 e. The Bertz CT molecular complexity index is 611. The van der Waals surface area contributed by atoms with Gasteiger partial charge in [-0.05, 0) is 43.7 Å². The molecule has 2 rings (SSSR count). The molecule has 18 heavy (non-hydrogen) atoms. The SMILES string of the molecule is Cc1cc(C)n(-c2cccc(/C=C\C(N)=O)c2)n1. The van der Waals surface area contributed by atoms with Gasteiger partial charge in [0.1, 0.15) is 0 Å². The number of carbonyl (C=O) groups is 1. The molecule has 4 nitrogen and oxygen atoms in total. The lowest BCUT2D eigenvalue weighted by Crippen LogP contribution is -2.05. The highest BCUT2D eigenvalue weighted by atomic mass is 16.1. The van der Waals surface area contributed by atoms with Crippen LogP contribution in [0.5, 0.6) is 0 Å². The van der Waals surface area contributed by atoms with Gasteiger partial charge in [0.25, 0.3) is 0 Å². The summed E-state index contributed by atoms with van der Waals surface area (Å²) in [5.41, 5.74) is 9.00. The highest BCUT2D eigenvalue weighted by Gasteiger charge is 2.03. The van der Waals surface area contributed by atoms with E-state index in [1.807, 2.05) is 48.9 Å². The minimum absolute atomic E-state index is 0.452. The number of nitrogens with zero attached hydrogens (tertiary/aromatic N) is 2. The van der Waals surface area contributed by atoms with E-state index in [1.165, 1.54) is 6.08 Å². The lowest BCUT2D eigenvalue weighted by atomic mass is 10.2. The van der Waals surface area contributed by atoms with Gasteiger partial charge >= 0.3 is 0 Å². The van der Waals surface area contributed by atoms with Gasteiger partial charge in [0.2, 0.25) is 5.91 Å². The van der Waals surface area contributed by atoms with Crippen molar-refractivity contribution >= 4 is 12.0 Å². The number of nitrogens with two attached hydrogens (primary N) is 1. The molecular weight excluding hydrogens is 226 g/mol. The Hall–Kier alpha value is -2.36. The molecule has 0 aliphatic heterocycles. The topological polar surface area (TPSA) is 60.9 Å². The van der Waals surface area contributed by atoms with Gasteiger partial charge < -0.3 is 5.73 Å². The quantitative estimate of drug-likeness (QED) is 0.835. The van der Waals surface area contributed by atoms with Crippen molar-refractivity contribution in [3.8, 4) is 5.69 Å². The molecule has 4 heteroatoms. The van der Waals surface area contributed by atoms with Crippen LogP contribution in [0.1, 0.15) is 17.0 Å². The predicted molar refractivity (Wildman–Crippen MR) is 71.3 cm³/mol. The maximum absolute atomic E-state index is 10.7. The fraction of sp³-hybridized carbons (Fsp3) is 0.143. The Morgan fingerprint density at radius 3 is 2.72 bits per heavy atom. The van der Waals surface area contributed by atoms with Gasteiger partial charge in [0.15, 0.2) is 0 Å². The fourth-order valence-corrected chi connectivity index (χ4v) is 1.83. The summed E-state index contributed by atoms with van der Waals surface area (Å²) < 4.78 is 1.87. The summed E-state index contributed by atoms with van der Waals surface area (Å²) >= 11 is 0. The van der Waals surface area contributed by atoms with E-state index in [-0.39, 0.29) is 0 Å². The van der Waals surface area contributed by atoms with Crippen LogP contribution in [0.25, 0.3) is 11.8 Å². The number of aryl methyl sites for hydroxylation is 2. The minimum atomic E-state index is -0.452. The molecule has 0 saturated carbocycles. The molecule has 0 saturated heterocycles. The van der Waals surface area contributed by atoms with Gasteiger partial charge in [-0.2, -0.15) is 5.10 Å². The largest absolute Gasteiger partial charge is 0.366 e. The minimum Gasteiger partial charge on any atom is -0.366 e. The summed E-state index contributed by atoms with van der Waals surface area (Å²) in [5.74, 6) is -0.452. The van der Waals surface area contributed by atoms with Gasteiger partial charge in [-0.15, -0.1) is 0 Å². The van der Waals surface area contributed by atoms with E-state index in [9.17, 15) is 4.79 Å². The summed E-state index contributed by atoms with van der Waals surface area (Å²) in [6.07, 6.45) is 3.04. The third-order valence-electron chi connectivity index (χ3n) is 2.56. The summed E-state index contributed by atoms with van der Waals surface area (Å²) in [7, 11) is 0. The third-order valence-corrected chi connectivity index (χ3v) is 2.56. The molecule has 0 atom stereocenters. The van der Waals surface area contributed by atoms with Crippen LogP contribution in [-0.2, 0) is 4.79 Å². The lowest BCUT2D eigenvalue weighted by molar-refractivity contribution is -0.113. The van der Waals surface area contributed by atoms with Gasteiger partial charge in [-0.1, -0.05) is 12.1 Å². The molecule has 1 aromatic carbocycles. The number of amides is 1. The Morgan fingerprint density at radius 1 is 1.33 bits per heavy atom. The molecule has 1 amide bonds. The molecule has 2 aromatic rings. The third kappa shape index (κ3) is 2.66. The van der Waals surface area contributed by atoms with Crippen LogP contribution >= 0.6 is 0 Å². The van der Waals surface area contributed by atoms with Crippen LogP contribution in [0.3, 0.4) is 0 Å². The smallest absolute Gasteiger partial charge is 0.241 e. The van der Waals surface area contributed by atoms with E-state index in [0.29, 0.717) is 0 Å². The first-order chi connectivity index (χ1) is 8.56. The van der Waals surface area contributed by atoms with Gasteiger partial charge in [0.05, 0.1) is 11.4 Å². The molecule has 0 fully saturated rings. The van der Waals surface area contributed by atoms with Crippen molar-refractivity contribution in [3.63, 3.8) is 0 Å². The van der Waals surface area contributed by atoms with E-state index in [4.69, 9.17) is 5.73 Å². The molecule has 0 aliphatic carbocycles. The first kappa shape index (κ1) is 12.1. The number of aromatic nitrogens is 2. The van der Waals surface area contributed by atoms with Crippen molar-refractivity contribution in [1.82, 2.24) is 9.78 Å². The second-order valence-corrected chi connectivity index (χ2v) is 4.17. The van der Waals surface area contributed by atoms with Crippen LogP contribution in [0.2, 0.25) is 0 Å². The van der Waals surface area contributed by atoms with Crippen molar-refractivity contribution in [2.24, 2.45) is 5.73 Å². The highest BCUT2D eigenvalue weighted by molar-refractivity contribution is 5.90. The molecule has 1 aromatic heterocycles. The van der Waals surface area contributed by atoms with Crippen LogP contribution in [-0.4, -0.2) is 15.7 Å². The Labute approximate surface area is 106 Å². The fourth-order valence-electron chi connectivity index (χ4n) is 1.83. The zero-order valence-electron chi connectivity index (χ0n) is 10.4. The summed E-state index contributed by atoms with van der Waals surface area (Å²) in [6, 6.07) is 9.78. The molecule has 0 unspecified atom stereocenters. The molecular formula is C14H15N3O. The van der Waals surface area contributed by atoms with Crippen molar-refractivity contribution in [2.45, 2.75) is 13.8 Å². The number of benzene rings is 1. The van der Waals surface area contributed by atoms with Crippen LogP contribution in [0.15, 0.2) is 36.4 Å². The van der Waals surface area contributed by atoms with E-state index in [2.05, 4.69) is 5.10 Å².